The van der Waals surface area contributed by atoms with Crippen molar-refractivity contribution >= 4 is 5.97 Å². The summed E-state index contributed by atoms with van der Waals surface area (Å²) < 4.78 is 95.8. The minimum atomic E-state index is -5.15. The van der Waals surface area contributed by atoms with Crippen LogP contribution < -0.4 is 0 Å². The summed E-state index contributed by atoms with van der Waals surface area (Å²) in [4.78, 5) is 13.6. The molecule has 8 heteroatoms. The van der Waals surface area contributed by atoms with Gasteiger partial charge >= 0.3 is 18.3 Å². The second-order valence-electron chi connectivity index (χ2n) is 15.6. The van der Waals surface area contributed by atoms with Gasteiger partial charge in [0.25, 0.3) is 0 Å². The molecule has 0 spiro atoms. The Morgan fingerprint density at radius 1 is 0.744 bits per heavy atom. The number of carbonyl (C=O) groups excluding carboxylic acids is 1. The SMILES string of the molecule is CCC(CC1(C)C2CC3CC(C2)CC1C3)(CC(C)(C(=O)OC12CC3CC(CC(C3)C1)C2)C(F)(F)F)C(F)(F)F. The van der Waals surface area contributed by atoms with Crippen molar-refractivity contribution in [2.75, 3.05) is 0 Å². The topological polar surface area (TPSA) is 26.3 Å². The maximum Gasteiger partial charge on any atom is 0.404 e. The van der Waals surface area contributed by atoms with Crippen molar-refractivity contribution < 1.29 is 35.9 Å². The molecule has 2 nitrogen and oxygen atoms in total. The van der Waals surface area contributed by atoms with Crippen LogP contribution >= 0.6 is 0 Å². The van der Waals surface area contributed by atoms with E-state index in [1.54, 1.807) is 0 Å². The van der Waals surface area contributed by atoms with Gasteiger partial charge in [-0.15, -0.1) is 0 Å². The van der Waals surface area contributed by atoms with Crippen LogP contribution in [0.3, 0.4) is 0 Å². The Balaban J connectivity index is 1.31. The van der Waals surface area contributed by atoms with Crippen LogP contribution in [-0.4, -0.2) is 23.9 Å². The van der Waals surface area contributed by atoms with Crippen molar-refractivity contribution in [3.8, 4) is 0 Å². The molecule has 8 fully saturated rings. The van der Waals surface area contributed by atoms with Gasteiger partial charge < -0.3 is 4.74 Å². The van der Waals surface area contributed by atoms with Crippen LogP contribution in [0.5, 0.6) is 0 Å². The molecule has 39 heavy (non-hydrogen) atoms. The van der Waals surface area contributed by atoms with Crippen LogP contribution in [0, 0.1) is 57.7 Å². The molecule has 8 aliphatic carbocycles. The summed E-state index contributed by atoms with van der Waals surface area (Å²) in [7, 11) is 0. The summed E-state index contributed by atoms with van der Waals surface area (Å²) in [6.07, 6.45) is -2.79. The van der Waals surface area contributed by atoms with Gasteiger partial charge in [-0.3, -0.25) is 4.79 Å². The number of rotatable bonds is 7. The standard InChI is InChI=1S/C31H44F6O2/c1-4-28(31(35,36)37,16-26(2)23-9-18-5-19(11-23)12-24(26)10-18)17-27(3,30(32,33)34)25(38)39-29-13-20-6-21(14-29)8-22(7-20)15-29/h18-24H,4-17H2,1-3H3. The summed E-state index contributed by atoms with van der Waals surface area (Å²) in [5, 5.41) is 0. The zero-order valence-corrected chi connectivity index (χ0v) is 23.5. The van der Waals surface area contributed by atoms with E-state index in [1.165, 1.54) is 6.92 Å². The maximum absolute atomic E-state index is 15.1. The predicted molar refractivity (Wildman–Crippen MR) is 134 cm³/mol. The number of alkyl halides is 6. The van der Waals surface area contributed by atoms with E-state index in [0.717, 1.165) is 51.4 Å². The average molecular weight is 563 g/mol. The Morgan fingerprint density at radius 2 is 1.18 bits per heavy atom. The van der Waals surface area contributed by atoms with Crippen molar-refractivity contribution in [2.24, 2.45) is 57.7 Å². The van der Waals surface area contributed by atoms with Crippen molar-refractivity contribution in [3.05, 3.63) is 0 Å². The Labute approximate surface area is 228 Å². The molecule has 2 atom stereocenters. The third-order valence-corrected chi connectivity index (χ3v) is 13.1. The minimum absolute atomic E-state index is 0.109. The van der Waals surface area contributed by atoms with Gasteiger partial charge in [-0.05, 0) is 144 Å². The van der Waals surface area contributed by atoms with Gasteiger partial charge in [-0.1, -0.05) is 13.8 Å². The van der Waals surface area contributed by atoms with Crippen LogP contribution in [0.25, 0.3) is 0 Å². The van der Waals surface area contributed by atoms with E-state index in [4.69, 9.17) is 4.74 Å². The molecule has 0 aromatic carbocycles. The number of hydrogen-bond donors (Lipinski definition) is 0. The Bertz CT molecular complexity index is 921. The average Bonchev–Trinajstić information content (AvgIpc) is 2.79. The molecular formula is C31H44F6O2. The van der Waals surface area contributed by atoms with Crippen molar-refractivity contribution in [2.45, 2.75) is 129 Å². The lowest BCUT2D eigenvalue weighted by Gasteiger charge is -2.62. The van der Waals surface area contributed by atoms with Gasteiger partial charge in [-0.2, -0.15) is 26.3 Å². The fourth-order valence-corrected chi connectivity index (χ4v) is 11.4. The van der Waals surface area contributed by atoms with E-state index in [2.05, 4.69) is 0 Å². The first kappa shape index (κ1) is 28.2. The molecule has 0 heterocycles. The molecule has 8 rings (SSSR count). The molecule has 0 aliphatic heterocycles. The van der Waals surface area contributed by atoms with Crippen LogP contribution in [0.15, 0.2) is 0 Å². The summed E-state index contributed by atoms with van der Waals surface area (Å²) in [5.74, 6) is 0.816. The Hall–Kier alpha value is -0.950. The second-order valence-corrected chi connectivity index (χ2v) is 15.6. The summed E-state index contributed by atoms with van der Waals surface area (Å²) in [5.41, 5.74) is -7.44. The lowest BCUT2D eigenvalue weighted by molar-refractivity contribution is -0.290. The third-order valence-electron chi connectivity index (χ3n) is 13.1. The molecule has 0 N–H and O–H groups in total. The first-order valence-electron chi connectivity index (χ1n) is 15.4. The lowest BCUT2D eigenvalue weighted by atomic mass is 9.43. The van der Waals surface area contributed by atoms with Crippen molar-refractivity contribution in [1.29, 1.82) is 0 Å². The lowest BCUT2D eigenvalue weighted by Crippen LogP contribution is -2.59. The van der Waals surface area contributed by atoms with E-state index in [0.29, 0.717) is 55.8 Å². The number of hydrogen-bond acceptors (Lipinski definition) is 2. The quantitative estimate of drug-likeness (QED) is 0.228. The molecule has 8 saturated carbocycles. The van der Waals surface area contributed by atoms with Crippen LogP contribution in [0.4, 0.5) is 26.3 Å². The molecule has 0 saturated heterocycles. The highest BCUT2D eigenvalue weighted by Crippen LogP contribution is 2.68. The van der Waals surface area contributed by atoms with E-state index in [1.807, 2.05) is 6.92 Å². The van der Waals surface area contributed by atoms with Gasteiger partial charge in [0.05, 0.1) is 5.41 Å². The molecule has 8 aliphatic rings. The van der Waals surface area contributed by atoms with Gasteiger partial charge in [0.15, 0.2) is 5.41 Å². The van der Waals surface area contributed by atoms with Crippen LogP contribution in [-0.2, 0) is 9.53 Å². The highest BCUT2D eigenvalue weighted by molar-refractivity contribution is 5.78. The zero-order valence-electron chi connectivity index (χ0n) is 23.5. The smallest absolute Gasteiger partial charge is 0.404 e. The predicted octanol–water partition coefficient (Wildman–Crippen LogP) is 9.27. The first-order chi connectivity index (χ1) is 18.0. The fourth-order valence-electron chi connectivity index (χ4n) is 11.4. The summed E-state index contributed by atoms with van der Waals surface area (Å²) in [6.45, 7) is 3.95. The van der Waals surface area contributed by atoms with Gasteiger partial charge in [-0.25, -0.2) is 0 Å². The molecule has 2 unspecified atom stereocenters. The molecule has 222 valence electrons. The summed E-state index contributed by atoms with van der Waals surface area (Å²) in [6, 6.07) is 0. The van der Waals surface area contributed by atoms with Gasteiger partial charge in [0.2, 0.25) is 0 Å². The maximum atomic E-state index is 15.1. The van der Waals surface area contributed by atoms with E-state index >= 15 is 13.2 Å². The Kier molecular flexibility index (Phi) is 6.35. The van der Waals surface area contributed by atoms with E-state index < -0.39 is 53.0 Å². The molecular weight excluding hydrogens is 518 g/mol. The van der Waals surface area contributed by atoms with Crippen molar-refractivity contribution in [1.82, 2.24) is 0 Å². The van der Waals surface area contributed by atoms with E-state index in [9.17, 15) is 18.0 Å². The van der Waals surface area contributed by atoms with E-state index in [-0.39, 0.29) is 18.3 Å². The Morgan fingerprint density at radius 3 is 1.56 bits per heavy atom. The molecule has 0 aromatic heterocycles. The molecule has 8 bridgehead atoms. The number of esters is 1. The second kappa shape index (κ2) is 8.78. The van der Waals surface area contributed by atoms with Crippen molar-refractivity contribution in [3.63, 3.8) is 0 Å². The molecule has 0 aromatic rings. The zero-order chi connectivity index (χ0) is 28.2. The van der Waals surface area contributed by atoms with Crippen LogP contribution in [0.2, 0.25) is 0 Å². The van der Waals surface area contributed by atoms with Gasteiger partial charge in [0.1, 0.15) is 5.60 Å². The minimum Gasteiger partial charge on any atom is -0.458 e. The third kappa shape index (κ3) is 4.37. The fraction of sp³-hybridized carbons (Fsp3) is 0.968. The summed E-state index contributed by atoms with van der Waals surface area (Å²) >= 11 is 0. The van der Waals surface area contributed by atoms with Crippen LogP contribution in [0.1, 0.15) is 111 Å². The molecule has 0 amide bonds. The monoisotopic (exact) mass is 562 g/mol. The number of carbonyl (C=O) groups is 1. The first-order valence-corrected chi connectivity index (χ1v) is 15.4. The highest BCUT2D eigenvalue weighted by Gasteiger charge is 2.69. The normalized spacial score (nSPS) is 45.7. The number of halogens is 6. The number of ether oxygens (including phenoxy) is 1. The van der Waals surface area contributed by atoms with Gasteiger partial charge in [0, 0.05) is 0 Å². The largest absolute Gasteiger partial charge is 0.458 e. The molecule has 0 radical (unpaired) electrons. The highest BCUT2D eigenvalue weighted by atomic mass is 19.4.